The normalized spacial score (nSPS) is 18.1. The lowest BCUT2D eigenvalue weighted by Gasteiger charge is -2.39. The molecular weight excluding hydrogens is 744 g/mol. The Morgan fingerprint density at radius 1 is 1.02 bits per heavy atom. The van der Waals surface area contributed by atoms with Gasteiger partial charge in [0, 0.05) is 15.6 Å². The highest BCUT2D eigenvalue weighted by atomic mass is 79.9. The van der Waals surface area contributed by atoms with Gasteiger partial charge in [0.2, 0.25) is 0 Å². The maximum absolute atomic E-state index is 14.2. The van der Waals surface area contributed by atoms with E-state index in [9.17, 15) is 14.7 Å². The quantitative estimate of drug-likeness (QED) is 0.196. The van der Waals surface area contributed by atoms with Crippen LogP contribution in [0.4, 0.5) is 0 Å². The van der Waals surface area contributed by atoms with Crippen LogP contribution in [0.5, 0.6) is 11.5 Å². The molecule has 0 aromatic heterocycles. The van der Waals surface area contributed by atoms with Crippen LogP contribution in [-0.2, 0) is 22.6 Å². The van der Waals surface area contributed by atoms with Crippen molar-refractivity contribution in [1.82, 2.24) is 0 Å². The van der Waals surface area contributed by atoms with Crippen LogP contribution < -0.4 is 9.47 Å². The van der Waals surface area contributed by atoms with Gasteiger partial charge in [-0.2, -0.15) is 0 Å². The van der Waals surface area contributed by atoms with Crippen molar-refractivity contribution in [3.63, 3.8) is 0 Å². The van der Waals surface area contributed by atoms with E-state index < -0.39 is 17.5 Å². The number of Topliss-reactive ketones (excluding diaryl/α,β-unsaturated/α-hetero) is 1. The molecule has 4 rings (SSSR count). The highest BCUT2D eigenvalue weighted by Gasteiger charge is 2.44. The van der Waals surface area contributed by atoms with E-state index in [1.54, 1.807) is 19.2 Å². The fraction of sp³-hybridized carbons (Fsp3) is 0.294. The molecule has 0 saturated heterocycles. The smallest absolute Gasteiger partial charge is 0.307 e. The summed E-state index contributed by atoms with van der Waals surface area (Å²) in [7, 11) is 1.62. The van der Waals surface area contributed by atoms with Crippen LogP contribution in [0.25, 0.3) is 0 Å². The minimum Gasteiger partial charge on any atom is -0.496 e. The third kappa shape index (κ3) is 7.80. The molecule has 2 unspecified atom stereocenters. The maximum atomic E-state index is 14.2. The van der Waals surface area contributed by atoms with Crippen molar-refractivity contribution >= 4 is 59.5 Å². The number of allylic oxidation sites excluding steroid dienone is 1. The van der Waals surface area contributed by atoms with Gasteiger partial charge in [0.05, 0.1) is 28.4 Å². The Balaban J connectivity index is 1.79. The molecule has 0 spiro atoms. The van der Waals surface area contributed by atoms with Gasteiger partial charge in [0.15, 0.2) is 5.78 Å². The van der Waals surface area contributed by atoms with Gasteiger partial charge in [-0.05, 0) is 111 Å². The number of hydrogen-bond acceptors (Lipinski definition) is 5. The van der Waals surface area contributed by atoms with Gasteiger partial charge in [-0.3, -0.25) is 9.59 Å². The van der Waals surface area contributed by atoms with Gasteiger partial charge in [0.25, 0.3) is 0 Å². The molecule has 226 valence electrons. The number of aryl methyl sites for hydroxylation is 1. The van der Waals surface area contributed by atoms with Gasteiger partial charge in [-0.1, -0.05) is 53.5 Å². The summed E-state index contributed by atoms with van der Waals surface area (Å²) in [6.45, 7) is 8.22. The topological polar surface area (TPSA) is 82.1 Å². The fourth-order valence-corrected chi connectivity index (χ4v) is 6.95. The van der Waals surface area contributed by atoms with Crippen LogP contribution in [-0.4, -0.2) is 29.6 Å². The third-order valence-electron chi connectivity index (χ3n) is 7.23. The first-order chi connectivity index (χ1) is 20.3. The highest BCUT2D eigenvalue weighted by Crippen LogP contribution is 2.44. The fourth-order valence-electron chi connectivity index (χ4n) is 5.09. The lowest BCUT2D eigenvalue weighted by atomic mass is 9.75. The van der Waals surface area contributed by atoms with Gasteiger partial charge in [-0.25, -0.2) is 0 Å². The van der Waals surface area contributed by atoms with Crippen molar-refractivity contribution in [1.29, 1.82) is 0 Å². The molecule has 1 aliphatic rings. The number of carboxylic acids is 1. The van der Waals surface area contributed by atoms with E-state index in [1.807, 2.05) is 68.5 Å². The van der Waals surface area contributed by atoms with E-state index in [-0.39, 0.29) is 24.7 Å². The number of carbonyl (C=O) groups is 2. The summed E-state index contributed by atoms with van der Waals surface area (Å²) in [6.07, 6.45) is 3.71. The van der Waals surface area contributed by atoms with Crippen LogP contribution in [0.2, 0.25) is 0 Å². The number of hydrogen-bond donors (Lipinski definition) is 1. The first-order valence-corrected chi connectivity index (χ1v) is 16.1. The summed E-state index contributed by atoms with van der Waals surface area (Å²) in [4.78, 5) is 25.5. The molecule has 1 N–H and O–H groups in total. The van der Waals surface area contributed by atoms with Crippen molar-refractivity contribution in [2.45, 2.75) is 46.3 Å². The maximum Gasteiger partial charge on any atom is 0.307 e. The average molecular weight is 777 g/mol. The van der Waals surface area contributed by atoms with Gasteiger partial charge in [0.1, 0.15) is 29.5 Å². The molecule has 0 radical (unpaired) electrons. The van der Waals surface area contributed by atoms with E-state index in [4.69, 9.17) is 14.2 Å². The Bertz CT molecular complexity index is 1590. The van der Waals surface area contributed by atoms with Crippen LogP contribution in [0.15, 0.2) is 91.5 Å². The van der Waals surface area contributed by atoms with E-state index >= 15 is 0 Å². The largest absolute Gasteiger partial charge is 0.496 e. The zero-order valence-electron chi connectivity index (χ0n) is 24.5. The lowest BCUT2D eigenvalue weighted by Crippen LogP contribution is -2.45. The number of methoxy groups -OCH3 is 1. The predicted molar refractivity (Wildman–Crippen MR) is 178 cm³/mol. The summed E-state index contributed by atoms with van der Waals surface area (Å²) in [5, 5.41) is 9.27. The highest BCUT2D eigenvalue weighted by molar-refractivity contribution is 9.11. The van der Waals surface area contributed by atoms with Crippen molar-refractivity contribution in [2.75, 3.05) is 7.11 Å². The van der Waals surface area contributed by atoms with Crippen LogP contribution >= 0.6 is 47.8 Å². The first-order valence-electron chi connectivity index (χ1n) is 13.7. The second kappa shape index (κ2) is 13.8. The van der Waals surface area contributed by atoms with E-state index in [2.05, 4.69) is 61.6 Å². The molecule has 6 nitrogen and oxygen atoms in total. The van der Waals surface area contributed by atoms with Crippen LogP contribution in [0.3, 0.4) is 0 Å². The summed E-state index contributed by atoms with van der Waals surface area (Å²) in [5.41, 5.74) is 2.81. The number of ketones is 1. The van der Waals surface area contributed by atoms with Gasteiger partial charge < -0.3 is 19.3 Å². The Labute approximate surface area is 277 Å². The molecule has 2 atom stereocenters. The van der Waals surface area contributed by atoms with E-state index in [0.29, 0.717) is 37.3 Å². The van der Waals surface area contributed by atoms with Crippen LogP contribution in [0.1, 0.15) is 47.8 Å². The SMILES string of the molecule is COc1ccc(Br)cc1COC1=CC(C(=O)c2cccc(C)c2)C(C)(Oc2c(Br)cc(CC(=O)O)cc2Br)C=C1C(C)C. The number of halogens is 3. The summed E-state index contributed by atoms with van der Waals surface area (Å²) in [6, 6.07) is 16.7. The molecule has 0 aliphatic heterocycles. The zero-order chi connectivity index (χ0) is 31.5. The summed E-state index contributed by atoms with van der Waals surface area (Å²) >= 11 is 10.7. The van der Waals surface area contributed by atoms with E-state index in [1.165, 1.54) is 0 Å². The Morgan fingerprint density at radius 2 is 1.72 bits per heavy atom. The molecule has 0 saturated carbocycles. The van der Waals surface area contributed by atoms with Crippen molar-refractivity contribution in [3.8, 4) is 11.5 Å². The molecule has 0 heterocycles. The van der Waals surface area contributed by atoms with Crippen molar-refractivity contribution < 1.29 is 28.9 Å². The molecule has 0 bridgehead atoms. The average Bonchev–Trinajstić information content (AvgIpc) is 2.93. The molecule has 3 aromatic carbocycles. The zero-order valence-corrected chi connectivity index (χ0v) is 29.3. The number of benzene rings is 3. The van der Waals surface area contributed by atoms with Crippen LogP contribution in [0, 0.1) is 18.8 Å². The van der Waals surface area contributed by atoms with Gasteiger partial charge in [-0.15, -0.1) is 0 Å². The minimum atomic E-state index is -1.11. The van der Waals surface area contributed by atoms with Gasteiger partial charge >= 0.3 is 5.97 Å². The third-order valence-corrected chi connectivity index (χ3v) is 8.90. The Kier molecular flexibility index (Phi) is 10.6. The molecular formula is C34H33Br3O6. The molecule has 0 fully saturated rings. The lowest BCUT2D eigenvalue weighted by molar-refractivity contribution is -0.136. The first kappa shape index (κ1) is 33.0. The number of aliphatic carboxylic acids is 1. The molecule has 9 heteroatoms. The predicted octanol–water partition coefficient (Wildman–Crippen LogP) is 9.25. The number of ether oxygens (including phenoxy) is 3. The Hall–Kier alpha value is -2.88. The summed E-state index contributed by atoms with van der Waals surface area (Å²) in [5.74, 6) is 0.0523. The monoisotopic (exact) mass is 774 g/mol. The second-order valence-electron chi connectivity index (χ2n) is 11.0. The second-order valence-corrected chi connectivity index (χ2v) is 13.6. The van der Waals surface area contributed by atoms with Crippen molar-refractivity contribution in [3.05, 3.63) is 114 Å². The molecule has 1 aliphatic carbocycles. The standard InChI is InChI=1S/C34H33Br3O6/c1-19(2)25-17-34(4,43-33-27(36)12-21(13-28(33)37)14-31(38)39)26(32(40)22-8-6-7-20(3)11-22)16-30(25)42-18-23-15-24(35)9-10-29(23)41-5/h6-13,15-17,19,26H,14,18H2,1-5H3,(H,38,39). The number of carboxylic acid groups (broad SMARTS) is 1. The Morgan fingerprint density at radius 3 is 2.33 bits per heavy atom. The molecule has 43 heavy (non-hydrogen) atoms. The number of carbonyl (C=O) groups excluding carboxylic acids is 1. The van der Waals surface area contributed by atoms with E-state index in [0.717, 1.165) is 21.2 Å². The molecule has 3 aromatic rings. The molecule has 0 amide bonds. The number of rotatable bonds is 11. The summed E-state index contributed by atoms with van der Waals surface area (Å²) < 4.78 is 20.8. The minimum absolute atomic E-state index is 0.0541. The van der Waals surface area contributed by atoms with Crippen molar-refractivity contribution in [2.24, 2.45) is 11.8 Å².